The Morgan fingerprint density at radius 2 is 1.97 bits per heavy atom. The van der Waals surface area contributed by atoms with Crippen LogP contribution in [0.4, 0.5) is 11.4 Å². The molecule has 0 aliphatic carbocycles. The highest BCUT2D eigenvalue weighted by Gasteiger charge is 2.22. The summed E-state index contributed by atoms with van der Waals surface area (Å²) in [5.74, 6) is 1.21. The lowest BCUT2D eigenvalue weighted by atomic mass is 10.2. The van der Waals surface area contributed by atoms with E-state index < -0.39 is 0 Å². The van der Waals surface area contributed by atoms with Crippen molar-refractivity contribution < 1.29 is 18.7 Å². The van der Waals surface area contributed by atoms with Crippen LogP contribution in [-0.4, -0.2) is 18.4 Å². The van der Waals surface area contributed by atoms with Crippen molar-refractivity contribution in [2.45, 2.75) is 19.4 Å². The molecular formula is C22H19BrN2O4. The fourth-order valence-electron chi connectivity index (χ4n) is 3.13. The minimum absolute atomic E-state index is 0.106. The van der Waals surface area contributed by atoms with Crippen LogP contribution < -0.4 is 15.0 Å². The van der Waals surface area contributed by atoms with Gasteiger partial charge in [0.25, 0.3) is 5.91 Å². The first-order chi connectivity index (χ1) is 14.1. The van der Waals surface area contributed by atoms with E-state index in [0.29, 0.717) is 30.2 Å². The Labute approximate surface area is 176 Å². The van der Waals surface area contributed by atoms with Gasteiger partial charge in [0, 0.05) is 28.8 Å². The number of amides is 2. The van der Waals surface area contributed by atoms with E-state index in [2.05, 4.69) is 21.2 Å². The van der Waals surface area contributed by atoms with Gasteiger partial charge in [-0.05, 0) is 61.0 Å². The van der Waals surface area contributed by atoms with Crippen LogP contribution in [0.15, 0.2) is 69.6 Å². The molecule has 148 valence electrons. The van der Waals surface area contributed by atoms with Crippen LogP contribution in [0.5, 0.6) is 5.75 Å². The normalized spacial score (nSPS) is 13.6. The first-order valence-corrected chi connectivity index (χ1v) is 10.1. The molecule has 0 spiro atoms. The largest absolute Gasteiger partial charge is 0.486 e. The van der Waals surface area contributed by atoms with Crippen LogP contribution in [-0.2, 0) is 11.4 Å². The van der Waals surface area contributed by atoms with Gasteiger partial charge in [0.1, 0.15) is 18.1 Å². The second kappa shape index (κ2) is 8.53. The average molecular weight is 455 g/mol. The third kappa shape index (κ3) is 4.68. The molecule has 1 saturated heterocycles. The van der Waals surface area contributed by atoms with Crippen molar-refractivity contribution >= 4 is 39.1 Å². The molecule has 1 aliphatic rings. The monoisotopic (exact) mass is 454 g/mol. The second-order valence-electron chi connectivity index (χ2n) is 6.66. The van der Waals surface area contributed by atoms with E-state index in [1.807, 2.05) is 36.4 Å². The summed E-state index contributed by atoms with van der Waals surface area (Å²) in [6.45, 7) is 0.928. The number of anilines is 2. The molecule has 0 atom stereocenters. The smallest absolute Gasteiger partial charge is 0.291 e. The summed E-state index contributed by atoms with van der Waals surface area (Å²) in [6.07, 6.45) is 1.42. The van der Waals surface area contributed by atoms with Crippen LogP contribution >= 0.6 is 15.9 Å². The number of rotatable bonds is 6. The maximum absolute atomic E-state index is 12.5. The molecule has 6 nitrogen and oxygen atoms in total. The molecule has 0 bridgehead atoms. The lowest BCUT2D eigenvalue weighted by molar-refractivity contribution is -0.117. The van der Waals surface area contributed by atoms with Gasteiger partial charge in [0.15, 0.2) is 5.76 Å². The van der Waals surface area contributed by atoms with E-state index in [-0.39, 0.29) is 24.2 Å². The number of benzene rings is 2. The predicted molar refractivity (Wildman–Crippen MR) is 113 cm³/mol. The Bertz CT molecular complexity index is 1030. The van der Waals surface area contributed by atoms with Crippen molar-refractivity contribution in [3.8, 4) is 5.75 Å². The van der Waals surface area contributed by atoms with Gasteiger partial charge in [-0.3, -0.25) is 9.59 Å². The zero-order valence-electron chi connectivity index (χ0n) is 15.6. The Kier molecular flexibility index (Phi) is 5.67. The predicted octanol–water partition coefficient (Wildman–Crippen LogP) is 5.00. The highest BCUT2D eigenvalue weighted by molar-refractivity contribution is 9.10. The first-order valence-electron chi connectivity index (χ1n) is 9.27. The highest BCUT2D eigenvalue weighted by Crippen LogP contribution is 2.25. The van der Waals surface area contributed by atoms with E-state index in [9.17, 15) is 9.59 Å². The Hall–Kier alpha value is -3.06. The quantitative estimate of drug-likeness (QED) is 0.568. The molecule has 29 heavy (non-hydrogen) atoms. The molecule has 3 aromatic rings. The maximum Gasteiger partial charge on any atom is 0.291 e. The number of nitrogens with one attached hydrogen (secondary N) is 1. The molecule has 2 amide bonds. The minimum Gasteiger partial charge on any atom is -0.486 e. The number of halogens is 1. The molecule has 0 radical (unpaired) electrons. The highest BCUT2D eigenvalue weighted by atomic mass is 79.9. The number of furan rings is 1. The van der Waals surface area contributed by atoms with Crippen LogP contribution in [0.2, 0.25) is 0 Å². The van der Waals surface area contributed by atoms with Gasteiger partial charge in [-0.1, -0.05) is 22.0 Å². The van der Waals surface area contributed by atoms with Gasteiger partial charge < -0.3 is 19.4 Å². The van der Waals surface area contributed by atoms with Gasteiger partial charge in [0.2, 0.25) is 5.91 Å². The zero-order chi connectivity index (χ0) is 20.2. The summed E-state index contributed by atoms with van der Waals surface area (Å²) in [5, 5.41) is 2.81. The van der Waals surface area contributed by atoms with Crippen molar-refractivity contribution in [2.24, 2.45) is 0 Å². The molecule has 2 aromatic carbocycles. The number of hydrogen-bond donors (Lipinski definition) is 1. The van der Waals surface area contributed by atoms with E-state index in [1.165, 1.54) is 0 Å². The van der Waals surface area contributed by atoms with Crippen molar-refractivity contribution in [3.05, 3.63) is 76.7 Å². The summed E-state index contributed by atoms with van der Waals surface area (Å²) in [6, 6.07) is 18.1. The Morgan fingerprint density at radius 1 is 1.14 bits per heavy atom. The maximum atomic E-state index is 12.5. The number of nitrogens with zero attached hydrogens (tertiary/aromatic N) is 1. The summed E-state index contributed by atoms with van der Waals surface area (Å²) in [4.78, 5) is 26.2. The second-order valence-corrected chi connectivity index (χ2v) is 7.58. The van der Waals surface area contributed by atoms with Crippen molar-refractivity contribution in [1.82, 2.24) is 0 Å². The fourth-order valence-corrected chi connectivity index (χ4v) is 3.39. The Balaban J connectivity index is 1.38. The summed E-state index contributed by atoms with van der Waals surface area (Å²) in [7, 11) is 0. The van der Waals surface area contributed by atoms with Gasteiger partial charge in [-0.25, -0.2) is 0 Å². The molecule has 0 unspecified atom stereocenters. The van der Waals surface area contributed by atoms with Crippen LogP contribution in [0.1, 0.15) is 29.2 Å². The van der Waals surface area contributed by atoms with Gasteiger partial charge >= 0.3 is 0 Å². The molecule has 7 heteroatoms. The van der Waals surface area contributed by atoms with E-state index in [1.54, 1.807) is 29.2 Å². The number of carbonyl (C=O) groups excluding carboxylic acids is 2. The summed E-state index contributed by atoms with van der Waals surface area (Å²) in [5.41, 5.74) is 1.39. The molecule has 2 heterocycles. The summed E-state index contributed by atoms with van der Waals surface area (Å²) >= 11 is 3.38. The molecule has 1 aromatic heterocycles. The fraction of sp³-hybridized carbons (Fsp3) is 0.182. The van der Waals surface area contributed by atoms with E-state index in [4.69, 9.17) is 9.15 Å². The van der Waals surface area contributed by atoms with Crippen molar-refractivity contribution in [3.63, 3.8) is 0 Å². The van der Waals surface area contributed by atoms with E-state index >= 15 is 0 Å². The molecule has 4 rings (SSSR count). The van der Waals surface area contributed by atoms with Gasteiger partial charge in [0.05, 0.1) is 0 Å². The number of ether oxygens (including phenoxy) is 1. The summed E-state index contributed by atoms with van der Waals surface area (Å²) < 4.78 is 12.2. The third-order valence-corrected chi connectivity index (χ3v) is 5.10. The molecule has 1 N–H and O–H groups in total. The molecular weight excluding hydrogens is 436 g/mol. The lowest BCUT2D eigenvalue weighted by Gasteiger charge is -2.16. The zero-order valence-corrected chi connectivity index (χ0v) is 17.1. The average Bonchev–Trinajstić information content (AvgIpc) is 3.37. The molecule has 1 aliphatic heterocycles. The molecule has 0 saturated carbocycles. The van der Waals surface area contributed by atoms with Gasteiger partial charge in [-0.15, -0.1) is 0 Å². The van der Waals surface area contributed by atoms with E-state index in [0.717, 1.165) is 16.6 Å². The SMILES string of the molecule is O=C(Nc1cccc(N2CCCC2=O)c1)c1ccc(COc2ccc(Br)cc2)o1. The van der Waals surface area contributed by atoms with Crippen LogP contribution in [0.3, 0.4) is 0 Å². The third-order valence-electron chi connectivity index (χ3n) is 4.57. The molecule has 1 fully saturated rings. The minimum atomic E-state index is -0.357. The first kappa shape index (κ1) is 19.3. The number of carbonyl (C=O) groups is 2. The lowest BCUT2D eigenvalue weighted by Crippen LogP contribution is -2.23. The Morgan fingerprint density at radius 3 is 2.72 bits per heavy atom. The van der Waals surface area contributed by atoms with Crippen molar-refractivity contribution in [1.29, 1.82) is 0 Å². The number of hydrogen-bond acceptors (Lipinski definition) is 4. The standard InChI is InChI=1S/C22H19BrN2O4/c23-15-6-8-18(9-7-15)28-14-19-10-11-20(29-19)22(27)24-16-3-1-4-17(13-16)25-12-2-5-21(25)26/h1,3-4,6-11,13H,2,5,12,14H2,(H,24,27). The van der Waals surface area contributed by atoms with Crippen molar-refractivity contribution in [2.75, 3.05) is 16.8 Å². The topological polar surface area (TPSA) is 71.8 Å². The van der Waals surface area contributed by atoms with Crippen LogP contribution in [0.25, 0.3) is 0 Å². The van der Waals surface area contributed by atoms with Crippen LogP contribution in [0, 0.1) is 0 Å². The van der Waals surface area contributed by atoms with Gasteiger partial charge in [-0.2, -0.15) is 0 Å².